The molecule has 1 heterocycles. The summed E-state index contributed by atoms with van der Waals surface area (Å²) in [6.07, 6.45) is 2.48. The fourth-order valence-corrected chi connectivity index (χ4v) is 4.09. The van der Waals surface area contributed by atoms with Gasteiger partial charge in [-0.25, -0.2) is 8.42 Å². The Morgan fingerprint density at radius 1 is 1.19 bits per heavy atom. The summed E-state index contributed by atoms with van der Waals surface area (Å²) < 4.78 is 37.8. The second-order valence-corrected chi connectivity index (χ2v) is 7.12. The quantitative estimate of drug-likeness (QED) is 0.877. The lowest BCUT2D eigenvalue weighted by atomic mass is 10.3. The van der Waals surface area contributed by atoms with Gasteiger partial charge in [-0.3, -0.25) is 0 Å². The van der Waals surface area contributed by atoms with Crippen LogP contribution in [0.25, 0.3) is 0 Å². The maximum Gasteiger partial charge on any atom is 0.243 e. The molecule has 0 spiro atoms. The van der Waals surface area contributed by atoms with Crippen molar-refractivity contribution in [3.8, 4) is 11.5 Å². The van der Waals surface area contributed by atoms with Gasteiger partial charge in [0.1, 0.15) is 0 Å². The Bertz CT molecular complexity index is 612. The normalized spacial score (nSPS) is 18.6. The first-order chi connectivity index (χ1) is 10.1. The van der Waals surface area contributed by atoms with Gasteiger partial charge in [-0.15, -0.1) is 0 Å². The molecular weight excluding hydrogens is 294 g/mol. The molecule has 0 aromatic heterocycles. The Balaban J connectivity index is 1.93. The van der Waals surface area contributed by atoms with Crippen molar-refractivity contribution in [2.75, 3.05) is 26.4 Å². The molecule has 3 rings (SSSR count). The Hall–Kier alpha value is -1.31. The van der Waals surface area contributed by atoms with Gasteiger partial charge in [-0.05, 0) is 25.0 Å². The largest absolute Gasteiger partial charge is 0.490 e. The number of aliphatic hydroxyl groups excluding tert-OH is 1. The van der Waals surface area contributed by atoms with Gasteiger partial charge in [-0.1, -0.05) is 0 Å². The second-order valence-electron chi connectivity index (χ2n) is 5.23. The van der Waals surface area contributed by atoms with Gasteiger partial charge >= 0.3 is 0 Å². The summed E-state index contributed by atoms with van der Waals surface area (Å²) in [4.78, 5) is 0.187. The Labute approximate surface area is 124 Å². The molecule has 6 nitrogen and oxygen atoms in total. The number of rotatable bonds is 5. The van der Waals surface area contributed by atoms with E-state index in [1.807, 2.05) is 0 Å². The van der Waals surface area contributed by atoms with Crippen molar-refractivity contribution in [1.82, 2.24) is 4.31 Å². The third kappa shape index (κ3) is 3.00. The Morgan fingerprint density at radius 3 is 2.57 bits per heavy atom. The number of nitrogens with zero attached hydrogens (tertiary/aromatic N) is 1. The molecule has 2 aliphatic rings. The minimum atomic E-state index is -3.61. The minimum Gasteiger partial charge on any atom is -0.490 e. The van der Waals surface area contributed by atoms with Gasteiger partial charge in [0.15, 0.2) is 11.5 Å². The predicted molar refractivity (Wildman–Crippen MR) is 76.0 cm³/mol. The van der Waals surface area contributed by atoms with Crippen molar-refractivity contribution >= 4 is 10.0 Å². The monoisotopic (exact) mass is 313 g/mol. The van der Waals surface area contributed by atoms with Crippen LogP contribution in [0.15, 0.2) is 23.1 Å². The van der Waals surface area contributed by atoms with Crippen molar-refractivity contribution in [1.29, 1.82) is 0 Å². The molecule has 0 saturated heterocycles. The predicted octanol–water partition coefficient (Wildman–Crippen LogP) is 0.993. The highest BCUT2D eigenvalue weighted by Crippen LogP contribution is 2.36. The minimum absolute atomic E-state index is 0.0122. The van der Waals surface area contributed by atoms with Crippen LogP contribution in [0.3, 0.4) is 0 Å². The molecule has 1 aliphatic heterocycles. The van der Waals surface area contributed by atoms with E-state index in [4.69, 9.17) is 14.6 Å². The molecule has 0 amide bonds. The lowest BCUT2D eigenvalue weighted by Crippen LogP contribution is -2.35. The molecule has 1 fully saturated rings. The van der Waals surface area contributed by atoms with Gasteiger partial charge in [0.05, 0.1) is 24.7 Å². The number of fused-ring (bicyclic) bond motifs is 1. The van der Waals surface area contributed by atoms with Gasteiger partial charge < -0.3 is 14.6 Å². The second kappa shape index (κ2) is 5.82. The third-order valence-corrected chi connectivity index (χ3v) is 5.55. The van der Waals surface area contributed by atoms with E-state index in [0.29, 0.717) is 24.7 Å². The molecule has 0 bridgehead atoms. The summed E-state index contributed by atoms with van der Waals surface area (Å²) in [5.74, 6) is 1.04. The summed E-state index contributed by atoms with van der Waals surface area (Å²) in [6.45, 7) is 1.03. The van der Waals surface area contributed by atoms with Crippen LogP contribution in [0.1, 0.15) is 19.3 Å². The summed E-state index contributed by atoms with van der Waals surface area (Å²) in [7, 11) is -3.61. The van der Waals surface area contributed by atoms with E-state index < -0.39 is 10.0 Å². The molecule has 7 heteroatoms. The highest BCUT2D eigenvalue weighted by atomic mass is 32.2. The fourth-order valence-electron chi connectivity index (χ4n) is 2.40. The van der Waals surface area contributed by atoms with E-state index in [1.54, 1.807) is 6.07 Å². The van der Waals surface area contributed by atoms with Crippen LogP contribution in [-0.2, 0) is 10.0 Å². The number of sulfonamides is 1. The van der Waals surface area contributed by atoms with E-state index in [0.717, 1.165) is 19.3 Å². The highest BCUT2D eigenvalue weighted by molar-refractivity contribution is 7.89. The summed E-state index contributed by atoms with van der Waals surface area (Å²) in [5, 5.41) is 9.10. The Kier molecular flexibility index (Phi) is 4.05. The van der Waals surface area contributed by atoms with Crippen LogP contribution in [0, 0.1) is 0 Å². The zero-order valence-corrected chi connectivity index (χ0v) is 12.5. The van der Waals surface area contributed by atoms with Crippen LogP contribution in [-0.4, -0.2) is 50.2 Å². The zero-order chi connectivity index (χ0) is 14.9. The lowest BCUT2D eigenvalue weighted by Gasteiger charge is -2.21. The van der Waals surface area contributed by atoms with Crippen molar-refractivity contribution in [3.05, 3.63) is 18.2 Å². The van der Waals surface area contributed by atoms with Crippen LogP contribution >= 0.6 is 0 Å². The van der Waals surface area contributed by atoms with E-state index in [2.05, 4.69) is 0 Å². The van der Waals surface area contributed by atoms with E-state index in [1.165, 1.54) is 16.4 Å². The first-order valence-corrected chi connectivity index (χ1v) is 8.59. The molecule has 1 saturated carbocycles. The molecule has 1 N–H and O–H groups in total. The Morgan fingerprint density at radius 2 is 1.90 bits per heavy atom. The van der Waals surface area contributed by atoms with Crippen LogP contribution in [0.4, 0.5) is 0 Å². The van der Waals surface area contributed by atoms with Gasteiger partial charge in [0.25, 0.3) is 0 Å². The third-order valence-electron chi connectivity index (χ3n) is 3.60. The van der Waals surface area contributed by atoms with Crippen molar-refractivity contribution < 1.29 is 23.0 Å². The van der Waals surface area contributed by atoms with E-state index >= 15 is 0 Å². The first kappa shape index (κ1) is 14.6. The molecular formula is C14H19NO5S. The molecule has 1 aliphatic carbocycles. The van der Waals surface area contributed by atoms with E-state index in [-0.39, 0.29) is 24.1 Å². The maximum atomic E-state index is 12.7. The van der Waals surface area contributed by atoms with Crippen molar-refractivity contribution in [2.45, 2.75) is 30.2 Å². The zero-order valence-electron chi connectivity index (χ0n) is 11.7. The number of aliphatic hydroxyl groups is 1. The van der Waals surface area contributed by atoms with E-state index in [9.17, 15) is 8.42 Å². The average Bonchev–Trinajstić information content (AvgIpc) is 3.30. The van der Waals surface area contributed by atoms with Crippen LogP contribution < -0.4 is 9.47 Å². The standard InChI is InChI=1S/C14H19NO5S/c16-7-6-15(11-2-3-11)21(17,18)12-4-5-13-14(10-12)20-9-1-8-19-13/h4-5,10-11,16H,1-3,6-9H2. The molecule has 1 aromatic rings. The summed E-state index contributed by atoms with van der Waals surface area (Å²) in [5.41, 5.74) is 0. The first-order valence-electron chi connectivity index (χ1n) is 7.15. The number of hydrogen-bond acceptors (Lipinski definition) is 5. The summed E-state index contributed by atoms with van der Waals surface area (Å²) in [6, 6.07) is 4.70. The van der Waals surface area contributed by atoms with Gasteiger partial charge in [0.2, 0.25) is 10.0 Å². The lowest BCUT2D eigenvalue weighted by molar-refractivity contribution is 0.250. The van der Waals surface area contributed by atoms with Crippen LogP contribution in [0.5, 0.6) is 11.5 Å². The maximum absolute atomic E-state index is 12.7. The average molecular weight is 313 g/mol. The van der Waals surface area contributed by atoms with Gasteiger partial charge in [-0.2, -0.15) is 4.31 Å². The molecule has 0 atom stereocenters. The molecule has 116 valence electrons. The van der Waals surface area contributed by atoms with Gasteiger partial charge in [0, 0.05) is 25.1 Å². The fraction of sp³-hybridized carbons (Fsp3) is 0.571. The van der Waals surface area contributed by atoms with Crippen molar-refractivity contribution in [3.63, 3.8) is 0 Å². The SMILES string of the molecule is O=S(=O)(c1ccc2c(c1)OCCCO2)N(CCO)C1CC1. The topological polar surface area (TPSA) is 76.1 Å². The summed E-state index contributed by atoms with van der Waals surface area (Å²) >= 11 is 0. The van der Waals surface area contributed by atoms with Crippen molar-refractivity contribution in [2.24, 2.45) is 0 Å². The highest BCUT2D eigenvalue weighted by Gasteiger charge is 2.38. The molecule has 0 radical (unpaired) electrons. The molecule has 0 unspecified atom stereocenters. The number of hydrogen-bond donors (Lipinski definition) is 1. The molecule has 1 aromatic carbocycles. The van der Waals surface area contributed by atoms with Crippen LogP contribution in [0.2, 0.25) is 0 Å². The number of benzene rings is 1. The molecule has 21 heavy (non-hydrogen) atoms. The smallest absolute Gasteiger partial charge is 0.243 e. The number of ether oxygens (including phenoxy) is 2.